The highest BCUT2D eigenvalue weighted by Gasteiger charge is 2.09. The van der Waals surface area contributed by atoms with E-state index in [4.69, 9.17) is 15.2 Å². The lowest BCUT2D eigenvalue weighted by atomic mass is 10.2. The molecule has 19 heavy (non-hydrogen) atoms. The summed E-state index contributed by atoms with van der Waals surface area (Å²) in [5.41, 5.74) is 6.17. The second kappa shape index (κ2) is 5.96. The second-order valence-electron chi connectivity index (χ2n) is 3.56. The number of anilines is 1. The molecule has 0 spiro atoms. The van der Waals surface area contributed by atoms with Crippen LogP contribution in [0.3, 0.4) is 0 Å². The van der Waals surface area contributed by atoms with Crippen LogP contribution >= 0.6 is 0 Å². The Balaban J connectivity index is 2.27. The van der Waals surface area contributed by atoms with E-state index in [-0.39, 0.29) is 24.6 Å². The third-order valence-corrected chi connectivity index (χ3v) is 2.23. The SMILES string of the molecule is CCOc1nc(N)nc(Oc2ccccc2CO)n1. The predicted molar refractivity (Wildman–Crippen MR) is 67.8 cm³/mol. The highest BCUT2D eigenvalue weighted by molar-refractivity contribution is 5.35. The minimum Gasteiger partial charge on any atom is -0.464 e. The van der Waals surface area contributed by atoms with Gasteiger partial charge in [0.2, 0.25) is 5.95 Å². The minimum absolute atomic E-state index is 0.00919. The quantitative estimate of drug-likeness (QED) is 0.832. The van der Waals surface area contributed by atoms with Gasteiger partial charge in [-0.15, -0.1) is 4.98 Å². The number of hydrogen-bond acceptors (Lipinski definition) is 7. The van der Waals surface area contributed by atoms with E-state index in [1.54, 1.807) is 24.3 Å². The van der Waals surface area contributed by atoms with Crippen LogP contribution in [0.25, 0.3) is 0 Å². The molecular weight excluding hydrogens is 248 g/mol. The molecule has 0 unspecified atom stereocenters. The van der Waals surface area contributed by atoms with Crippen molar-refractivity contribution in [3.63, 3.8) is 0 Å². The number of nitrogens with zero attached hydrogens (tertiary/aromatic N) is 3. The molecule has 7 heteroatoms. The Morgan fingerprint density at radius 1 is 1.16 bits per heavy atom. The van der Waals surface area contributed by atoms with Crippen molar-refractivity contribution in [2.45, 2.75) is 13.5 Å². The van der Waals surface area contributed by atoms with E-state index in [1.165, 1.54) is 0 Å². The van der Waals surface area contributed by atoms with Crippen molar-refractivity contribution in [1.82, 2.24) is 15.0 Å². The zero-order valence-electron chi connectivity index (χ0n) is 10.4. The Hall–Kier alpha value is -2.41. The van der Waals surface area contributed by atoms with Gasteiger partial charge in [0.15, 0.2) is 0 Å². The van der Waals surface area contributed by atoms with Crippen molar-refractivity contribution >= 4 is 5.95 Å². The van der Waals surface area contributed by atoms with Crippen molar-refractivity contribution in [2.24, 2.45) is 0 Å². The average molecular weight is 262 g/mol. The fraction of sp³-hybridized carbons (Fsp3) is 0.250. The standard InChI is InChI=1S/C12H14N4O3/c1-2-18-11-14-10(13)15-12(16-11)19-9-6-4-3-5-8(9)7-17/h3-6,17H,2,7H2,1H3,(H2,13,14,15,16). The number of para-hydroxylation sites is 1. The molecule has 2 rings (SSSR count). The molecule has 7 nitrogen and oxygen atoms in total. The largest absolute Gasteiger partial charge is 0.464 e. The molecule has 1 aromatic heterocycles. The maximum absolute atomic E-state index is 9.21. The van der Waals surface area contributed by atoms with Gasteiger partial charge in [-0.3, -0.25) is 0 Å². The Bertz CT molecular complexity index is 562. The molecule has 0 aliphatic carbocycles. The summed E-state index contributed by atoms with van der Waals surface area (Å²) in [6.45, 7) is 2.08. The first-order valence-electron chi connectivity index (χ1n) is 5.74. The topological polar surface area (TPSA) is 103 Å². The smallest absolute Gasteiger partial charge is 0.330 e. The van der Waals surface area contributed by atoms with Crippen LogP contribution in [-0.2, 0) is 6.61 Å². The van der Waals surface area contributed by atoms with Gasteiger partial charge in [-0.25, -0.2) is 0 Å². The Morgan fingerprint density at radius 3 is 2.63 bits per heavy atom. The number of benzene rings is 1. The second-order valence-corrected chi connectivity index (χ2v) is 3.56. The Morgan fingerprint density at radius 2 is 1.89 bits per heavy atom. The van der Waals surface area contributed by atoms with Crippen LogP contribution < -0.4 is 15.2 Å². The summed E-state index contributed by atoms with van der Waals surface area (Å²) in [5.74, 6) is 0.466. The maximum Gasteiger partial charge on any atom is 0.330 e. The van der Waals surface area contributed by atoms with Crippen LogP contribution in [0.5, 0.6) is 17.8 Å². The highest BCUT2D eigenvalue weighted by Crippen LogP contribution is 2.23. The summed E-state index contributed by atoms with van der Waals surface area (Å²) in [7, 11) is 0. The molecule has 0 fully saturated rings. The monoisotopic (exact) mass is 262 g/mol. The van der Waals surface area contributed by atoms with E-state index < -0.39 is 0 Å². The van der Waals surface area contributed by atoms with Gasteiger partial charge in [-0.2, -0.15) is 9.97 Å². The van der Waals surface area contributed by atoms with Crippen LogP contribution in [0.15, 0.2) is 24.3 Å². The Labute approximate surface area is 110 Å². The summed E-state index contributed by atoms with van der Waals surface area (Å²) >= 11 is 0. The van der Waals surface area contributed by atoms with Crippen LogP contribution in [0.1, 0.15) is 12.5 Å². The lowest BCUT2D eigenvalue weighted by molar-refractivity contribution is 0.274. The van der Waals surface area contributed by atoms with Gasteiger partial charge in [0.1, 0.15) is 5.75 Å². The molecule has 1 aromatic carbocycles. The number of nitrogens with two attached hydrogens (primary N) is 1. The van der Waals surface area contributed by atoms with Crippen molar-refractivity contribution < 1.29 is 14.6 Å². The molecule has 0 aliphatic heterocycles. The highest BCUT2D eigenvalue weighted by atomic mass is 16.5. The van der Waals surface area contributed by atoms with E-state index in [9.17, 15) is 5.11 Å². The van der Waals surface area contributed by atoms with Gasteiger partial charge in [-0.05, 0) is 13.0 Å². The third kappa shape index (κ3) is 3.29. The van der Waals surface area contributed by atoms with Crippen molar-refractivity contribution in [3.05, 3.63) is 29.8 Å². The molecule has 0 amide bonds. The summed E-state index contributed by atoms with van der Waals surface area (Å²) in [6.07, 6.45) is 0. The molecule has 2 aromatic rings. The molecule has 0 bridgehead atoms. The summed E-state index contributed by atoms with van der Waals surface area (Å²) in [5, 5.41) is 9.21. The fourth-order valence-corrected chi connectivity index (χ4v) is 1.42. The van der Waals surface area contributed by atoms with Crippen molar-refractivity contribution in [2.75, 3.05) is 12.3 Å². The van der Waals surface area contributed by atoms with Crippen LogP contribution in [-0.4, -0.2) is 26.7 Å². The minimum atomic E-state index is -0.144. The average Bonchev–Trinajstić information content (AvgIpc) is 2.39. The lowest BCUT2D eigenvalue weighted by Gasteiger charge is -2.09. The normalized spacial score (nSPS) is 10.2. The van der Waals surface area contributed by atoms with Gasteiger partial charge in [0, 0.05) is 5.56 Å². The number of aromatic nitrogens is 3. The van der Waals surface area contributed by atoms with Gasteiger partial charge < -0.3 is 20.3 Å². The van der Waals surface area contributed by atoms with E-state index in [2.05, 4.69) is 15.0 Å². The number of hydrogen-bond donors (Lipinski definition) is 2. The van der Waals surface area contributed by atoms with E-state index >= 15 is 0 Å². The number of aliphatic hydroxyl groups excluding tert-OH is 1. The molecule has 100 valence electrons. The van der Waals surface area contributed by atoms with E-state index in [1.807, 2.05) is 6.92 Å². The van der Waals surface area contributed by atoms with E-state index in [0.29, 0.717) is 17.9 Å². The molecular formula is C12H14N4O3. The molecule has 0 saturated carbocycles. The predicted octanol–water partition coefficient (Wildman–Crippen LogP) is 1.14. The maximum atomic E-state index is 9.21. The Kier molecular flexibility index (Phi) is 4.09. The summed E-state index contributed by atoms with van der Waals surface area (Å²) in [6, 6.07) is 7.15. The van der Waals surface area contributed by atoms with Gasteiger partial charge in [0.25, 0.3) is 0 Å². The zero-order valence-corrected chi connectivity index (χ0v) is 10.4. The molecule has 0 atom stereocenters. The van der Waals surface area contributed by atoms with Crippen LogP contribution in [0.2, 0.25) is 0 Å². The molecule has 0 radical (unpaired) electrons. The third-order valence-electron chi connectivity index (χ3n) is 2.23. The molecule has 1 heterocycles. The number of aliphatic hydroxyl groups is 1. The van der Waals surface area contributed by atoms with Crippen LogP contribution in [0, 0.1) is 0 Å². The first-order valence-corrected chi connectivity index (χ1v) is 5.74. The zero-order chi connectivity index (χ0) is 13.7. The first-order chi connectivity index (χ1) is 9.22. The van der Waals surface area contributed by atoms with Crippen molar-refractivity contribution in [1.29, 1.82) is 0 Å². The van der Waals surface area contributed by atoms with Crippen LogP contribution in [0.4, 0.5) is 5.95 Å². The lowest BCUT2D eigenvalue weighted by Crippen LogP contribution is -2.05. The summed E-state index contributed by atoms with van der Waals surface area (Å²) in [4.78, 5) is 11.6. The van der Waals surface area contributed by atoms with Gasteiger partial charge in [0.05, 0.1) is 13.2 Å². The number of nitrogen functional groups attached to an aromatic ring is 1. The molecule has 0 aliphatic rings. The molecule has 3 N–H and O–H groups in total. The number of rotatable bonds is 5. The number of ether oxygens (including phenoxy) is 2. The van der Waals surface area contributed by atoms with Gasteiger partial charge >= 0.3 is 12.0 Å². The first kappa shape index (κ1) is 13.0. The van der Waals surface area contributed by atoms with Gasteiger partial charge in [-0.1, -0.05) is 18.2 Å². The fourth-order valence-electron chi connectivity index (χ4n) is 1.42. The summed E-state index contributed by atoms with van der Waals surface area (Å²) < 4.78 is 10.6. The van der Waals surface area contributed by atoms with E-state index in [0.717, 1.165) is 0 Å². The molecule has 0 saturated heterocycles. The van der Waals surface area contributed by atoms with Crippen molar-refractivity contribution in [3.8, 4) is 17.8 Å².